The first-order chi connectivity index (χ1) is 5.54. The SMILES string of the molecule is CCCC1(CC)NC(C)(C)CS1. The zero-order valence-corrected chi connectivity index (χ0v) is 9.55. The summed E-state index contributed by atoms with van der Waals surface area (Å²) < 4.78 is 0. The van der Waals surface area contributed by atoms with Gasteiger partial charge in [-0.2, -0.15) is 0 Å². The highest BCUT2D eigenvalue weighted by atomic mass is 32.2. The minimum Gasteiger partial charge on any atom is -0.297 e. The maximum atomic E-state index is 3.76. The van der Waals surface area contributed by atoms with Gasteiger partial charge in [0, 0.05) is 11.3 Å². The van der Waals surface area contributed by atoms with E-state index in [1.165, 1.54) is 25.0 Å². The molecule has 72 valence electrons. The van der Waals surface area contributed by atoms with Gasteiger partial charge in [0.15, 0.2) is 0 Å². The second-order valence-corrected chi connectivity index (χ2v) is 5.75. The highest BCUT2D eigenvalue weighted by molar-refractivity contribution is 8.00. The van der Waals surface area contributed by atoms with Gasteiger partial charge in [-0.25, -0.2) is 0 Å². The lowest BCUT2D eigenvalue weighted by molar-refractivity contribution is 0.339. The van der Waals surface area contributed by atoms with Crippen molar-refractivity contribution in [3.8, 4) is 0 Å². The molecule has 0 aromatic carbocycles. The fourth-order valence-electron chi connectivity index (χ4n) is 1.91. The highest BCUT2D eigenvalue weighted by Gasteiger charge is 2.40. The first-order valence-electron chi connectivity index (χ1n) is 4.97. The Labute approximate surface area is 80.7 Å². The summed E-state index contributed by atoms with van der Waals surface area (Å²) in [5, 5.41) is 3.76. The molecule has 1 unspecified atom stereocenters. The predicted molar refractivity (Wildman–Crippen MR) is 57.6 cm³/mol. The second-order valence-electron chi connectivity index (χ2n) is 4.40. The van der Waals surface area contributed by atoms with Crippen molar-refractivity contribution in [2.24, 2.45) is 0 Å². The summed E-state index contributed by atoms with van der Waals surface area (Å²) in [6.45, 7) is 9.15. The molecule has 1 nitrogen and oxygen atoms in total. The molecule has 1 atom stereocenters. The summed E-state index contributed by atoms with van der Waals surface area (Å²) in [6.07, 6.45) is 3.83. The first-order valence-corrected chi connectivity index (χ1v) is 5.95. The molecule has 0 spiro atoms. The number of hydrogen-bond acceptors (Lipinski definition) is 2. The zero-order valence-electron chi connectivity index (χ0n) is 8.74. The predicted octanol–water partition coefficient (Wildman–Crippen LogP) is 3.01. The van der Waals surface area contributed by atoms with Gasteiger partial charge in [0.05, 0.1) is 4.87 Å². The maximum Gasteiger partial charge on any atom is 0.0647 e. The fourth-order valence-corrected chi connectivity index (χ4v) is 3.52. The Kier molecular flexibility index (Phi) is 3.11. The van der Waals surface area contributed by atoms with Crippen molar-refractivity contribution in [3.05, 3.63) is 0 Å². The largest absolute Gasteiger partial charge is 0.297 e. The van der Waals surface area contributed by atoms with E-state index < -0.39 is 0 Å². The van der Waals surface area contributed by atoms with Crippen LogP contribution in [0.15, 0.2) is 0 Å². The Morgan fingerprint density at radius 1 is 1.33 bits per heavy atom. The third kappa shape index (κ3) is 2.17. The van der Waals surface area contributed by atoms with Crippen LogP contribution in [-0.2, 0) is 0 Å². The van der Waals surface area contributed by atoms with Crippen LogP contribution >= 0.6 is 11.8 Å². The molecular formula is C10H21NS. The van der Waals surface area contributed by atoms with Crippen LogP contribution in [0, 0.1) is 0 Å². The normalized spacial score (nSPS) is 34.0. The van der Waals surface area contributed by atoms with Crippen molar-refractivity contribution in [2.45, 2.75) is 57.4 Å². The van der Waals surface area contributed by atoms with Crippen LogP contribution in [0.25, 0.3) is 0 Å². The Morgan fingerprint density at radius 3 is 2.33 bits per heavy atom. The van der Waals surface area contributed by atoms with E-state index in [1.54, 1.807) is 0 Å². The molecule has 0 aliphatic carbocycles. The molecule has 0 amide bonds. The van der Waals surface area contributed by atoms with E-state index in [0.29, 0.717) is 10.4 Å². The van der Waals surface area contributed by atoms with Crippen molar-refractivity contribution in [1.82, 2.24) is 5.32 Å². The van der Waals surface area contributed by atoms with E-state index in [4.69, 9.17) is 0 Å². The van der Waals surface area contributed by atoms with Gasteiger partial charge >= 0.3 is 0 Å². The highest BCUT2D eigenvalue weighted by Crippen LogP contribution is 2.40. The van der Waals surface area contributed by atoms with E-state index in [2.05, 4.69) is 44.8 Å². The lowest BCUT2D eigenvalue weighted by atomic mass is 10.0. The zero-order chi connectivity index (χ0) is 9.24. The molecule has 1 fully saturated rings. The smallest absolute Gasteiger partial charge is 0.0647 e. The van der Waals surface area contributed by atoms with Crippen molar-refractivity contribution >= 4 is 11.8 Å². The second kappa shape index (κ2) is 3.59. The fraction of sp³-hybridized carbons (Fsp3) is 1.00. The van der Waals surface area contributed by atoms with Crippen LogP contribution < -0.4 is 5.32 Å². The number of nitrogens with one attached hydrogen (secondary N) is 1. The molecule has 1 saturated heterocycles. The van der Waals surface area contributed by atoms with E-state index in [9.17, 15) is 0 Å². The van der Waals surface area contributed by atoms with Gasteiger partial charge in [-0.3, -0.25) is 5.32 Å². The standard InChI is InChI=1S/C10H21NS/c1-5-7-10(6-2)11-9(3,4)8-12-10/h11H,5-8H2,1-4H3. The topological polar surface area (TPSA) is 12.0 Å². The van der Waals surface area contributed by atoms with Crippen molar-refractivity contribution < 1.29 is 0 Å². The summed E-state index contributed by atoms with van der Waals surface area (Å²) in [7, 11) is 0. The van der Waals surface area contributed by atoms with Gasteiger partial charge in [-0.1, -0.05) is 20.3 Å². The molecule has 0 radical (unpaired) electrons. The maximum absolute atomic E-state index is 3.76. The van der Waals surface area contributed by atoms with Crippen molar-refractivity contribution in [1.29, 1.82) is 0 Å². The number of hydrogen-bond donors (Lipinski definition) is 1. The molecular weight excluding hydrogens is 166 g/mol. The van der Waals surface area contributed by atoms with Crippen molar-refractivity contribution in [2.75, 3.05) is 5.75 Å². The van der Waals surface area contributed by atoms with Gasteiger partial charge in [0.2, 0.25) is 0 Å². The molecule has 0 saturated carbocycles. The van der Waals surface area contributed by atoms with Crippen LogP contribution in [0.1, 0.15) is 47.0 Å². The Bertz CT molecular complexity index is 156. The van der Waals surface area contributed by atoms with Gasteiger partial charge < -0.3 is 0 Å². The molecule has 1 rings (SSSR count). The molecule has 12 heavy (non-hydrogen) atoms. The minimum atomic E-state index is 0.343. The summed E-state index contributed by atoms with van der Waals surface area (Å²) in [5.41, 5.74) is 0.343. The average Bonchev–Trinajstić information content (AvgIpc) is 2.29. The molecule has 1 heterocycles. The van der Waals surface area contributed by atoms with E-state index in [-0.39, 0.29) is 0 Å². The van der Waals surface area contributed by atoms with Gasteiger partial charge in [-0.05, 0) is 26.7 Å². The number of rotatable bonds is 3. The minimum absolute atomic E-state index is 0.343. The molecule has 1 aliphatic rings. The van der Waals surface area contributed by atoms with E-state index >= 15 is 0 Å². The number of thioether (sulfide) groups is 1. The Hall–Kier alpha value is 0.310. The molecule has 0 bridgehead atoms. The lowest BCUT2D eigenvalue weighted by Gasteiger charge is -2.30. The summed E-state index contributed by atoms with van der Waals surface area (Å²) in [4.78, 5) is 0.387. The molecule has 1 N–H and O–H groups in total. The molecule has 0 aromatic rings. The summed E-state index contributed by atoms with van der Waals surface area (Å²) in [5.74, 6) is 1.25. The average molecular weight is 187 g/mol. The quantitative estimate of drug-likeness (QED) is 0.729. The Morgan fingerprint density at radius 2 is 2.00 bits per heavy atom. The molecule has 1 aliphatic heterocycles. The Balaban J connectivity index is 2.59. The monoisotopic (exact) mass is 187 g/mol. The van der Waals surface area contributed by atoms with Gasteiger partial charge in [-0.15, -0.1) is 11.8 Å². The van der Waals surface area contributed by atoms with Crippen molar-refractivity contribution in [3.63, 3.8) is 0 Å². The van der Waals surface area contributed by atoms with Gasteiger partial charge in [0.1, 0.15) is 0 Å². The van der Waals surface area contributed by atoms with Crippen LogP contribution in [0.2, 0.25) is 0 Å². The van der Waals surface area contributed by atoms with Crippen LogP contribution in [-0.4, -0.2) is 16.2 Å². The summed E-state index contributed by atoms with van der Waals surface area (Å²) >= 11 is 2.11. The lowest BCUT2D eigenvalue weighted by Crippen LogP contribution is -2.46. The van der Waals surface area contributed by atoms with Crippen LogP contribution in [0.5, 0.6) is 0 Å². The third-order valence-corrected chi connectivity index (χ3v) is 4.51. The molecule has 0 aromatic heterocycles. The van der Waals surface area contributed by atoms with E-state index in [1.807, 2.05) is 0 Å². The van der Waals surface area contributed by atoms with E-state index in [0.717, 1.165) is 0 Å². The van der Waals surface area contributed by atoms with Crippen LogP contribution in [0.3, 0.4) is 0 Å². The first kappa shape index (κ1) is 10.4. The molecule has 2 heteroatoms. The third-order valence-electron chi connectivity index (χ3n) is 2.50. The van der Waals surface area contributed by atoms with Gasteiger partial charge in [0.25, 0.3) is 0 Å². The summed E-state index contributed by atoms with van der Waals surface area (Å²) in [6, 6.07) is 0. The van der Waals surface area contributed by atoms with Crippen LogP contribution in [0.4, 0.5) is 0 Å².